The fraction of sp³-hybridized carbons (Fsp3) is 1.00. The largest absolute Gasteiger partial charge is 1.00 e. The fourth-order valence-electron chi connectivity index (χ4n) is 1.06. The molecule has 0 bridgehead atoms. The monoisotopic (exact) mass is 154 g/mol. The molecule has 1 rings (SSSR count). The van der Waals surface area contributed by atoms with Gasteiger partial charge in [-0.3, -0.25) is 0 Å². The van der Waals surface area contributed by atoms with Crippen molar-refractivity contribution in [3.8, 4) is 0 Å². The quantitative estimate of drug-likeness (QED) is 0.338. The van der Waals surface area contributed by atoms with E-state index in [0.29, 0.717) is 0 Å². The normalized spacial score (nSPS) is 18.0. The summed E-state index contributed by atoms with van der Waals surface area (Å²) in [6.45, 7) is 0. The van der Waals surface area contributed by atoms with E-state index in [9.17, 15) is 0 Å². The van der Waals surface area contributed by atoms with Crippen LogP contribution in [0.2, 0.25) is 0 Å². The van der Waals surface area contributed by atoms with Crippen molar-refractivity contribution in [2.75, 3.05) is 0 Å². The van der Waals surface area contributed by atoms with Gasteiger partial charge >= 0.3 is 0 Å². The molecule has 0 aromatic heterocycles. The zero-order valence-corrected chi connectivity index (χ0v) is 6.51. The highest BCUT2D eigenvalue weighted by molar-refractivity contribution is 4.51. The second kappa shape index (κ2) is 7.58. The predicted octanol–water partition coefficient (Wildman–Crippen LogP) is -3.65. The molecule has 0 unspecified atom stereocenters. The molecule has 0 spiro atoms. The molecule has 0 amide bonds. The number of hydrogen-bond donors (Lipinski definition) is 0. The maximum atomic E-state index is 1.50. The molecular formula is C6H12Cl2-2. The number of rotatable bonds is 0. The van der Waals surface area contributed by atoms with Crippen LogP contribution in [0.15, 0.2) is 0 Å². The van der Waals surface area contributed by atoms with E-state index < -0.39 is 0 Å². The summed E-state index contributed by atoms with van der Waals surface area (Å²) in [5.41, 5.74) is 0. The molecule has 1 fully saturated rings. The summed E-state index contributed by atoms with van der Waals surface area (Å²) in [5.74, 6) is 0. The molecule has 2 heteroatoms. The summed E-state index contributed by atoms with van der Waals surface area (Å²) in [7, 11) is 0. The minimum Gasteiger partial charge on any atom is -1.00 e. The summed E-state index contributed by atoms with van der Waals surface area (Å²) < 4.78 is 0. The molecule has 0 N–H and O–H groups in total. The van der Waals surface area contributed by atoms with Crippen LogP contribution in [-0.4, -0.2) is 0 Å². The average molecular weight is 155 g/mol. The Morgan fingerprint density at radius 3 is 0.625 bits per heavy atom. The molecule has 0 aliphatic heterocycles. The van der Waals surface area contributed by atoms with Crippen LogP contribution in [0.1, 0.15) is 38.5 Å². The predicted molar refractivity (Wildman–Crippen MR) is 27.7 cm³/mol. The van der Waals surface area contributed by atoms with E-state index in [1.807, 2.05) is 0 Å². The third kappa shape index (κ3) is 4.73. The maximum absolute atomic E-state index is 1.50. The standard InChI is InChI=1S/C6H12.2ClH/c1-2-4-6-5-3-1;;/h1-6H2;2*1H/p-2. The molecule has 0 aromatic carbocycles. The Morgan fingerprint density at radius 2 is 0.500 bits per heavy atom. The van der Waals surface area contributed by atoms with Crippen molar-refractivity contribution in [3.63, 3.8) is 0 Å². The molecule has 8 heavy (non-hydrogen) atoms. The molecule has 0 saturated heterocycles. The minimum absolute atomic E-state index is 0. The molecule has 1 aliphatic carbocycles. The van der Waals surface area contributed by atoms with E-state index in [1.165, 1.54) is 38.5 Å². The Bertz CT molecular complexity index is 22.0. The Labute approximate surface area is 63.9 Å². The van der Waals surface area contributed by atoms with Crippen LogP contribution in [0.3, 0.4) is 0 Å². The highest BCUT2D eigenvalue weighted by Gasteiger charge is 1.95. The van der Waals surface area contributed by atoms with Crippen LogP contribution in [-0.2, 0) is 0 Å². The molecule has 0 atom stereocenters. The van der Waals surface area contributed by atoms with E-state index in [0.717, 1.165) is 0 Å². The van der Waals surface area contributed by atoms with Crippen molar-refractivity contribution in [3.05, 3.63) is 0 Å². The Kier molecular flexibility index (Phi) is 10.8. The first kappa shape index (κ1) is 11.4. The molecule has 52 valence electrons. The highest BCUT2D eigenvalue weighted by Crippen LogP contribution is 2.15. The molecule has 0 radical (unpaired) electrons. The first-order valence-electron chi connectivity index (χ1n) is 3.00. The van der Waals surface area contributed by atoms with Crippen molar-refractivity contribution in [2.45, 2.75) is 38.5 Å². The van der Waals surface area contributed by atoms with Gasteiger partial charge in [0.15, 0.2) is 0 Å². The zero-order valence-electron chi connectivity index (χ0n) is 5.00. The van der Waals surface area contributed by atoms with Gasteiger partial charge in [0.2, 0.25) is 0 Å². The maximum Gasteiger partial charge on any atom is -0.0533 e. The number of halogens is 2. The third-order valence-electron chi connectivity index (χ3n) is 1.50. The second-order valence-corrected chi connectivity index (χ2v) is 2.12. The van der Waals surface area contributed by atoms with Gasteiger partial charge in [0.05, 0.1) is 0 Å². The van der Waals surface area contributed by atoms with Crippen molar-refractivity contribution in [1.29, 1.82) is 0 Å². The van der Waals surface area contributed by atoms with Crippen LogP contribution < -0.4 is 24.8 Å². The van der Waals surface area contributed by atoms with Crippen molar-refractivity contribution >= 4 is 0 Å². The lowest BCUT2D eigenvalue weighted by Gasteiger charge is -2.05. The van der Waals surface area contributed by atoms with Gasteiger partial charge in [-0.25, -0.2) is 0 Å². The van der Waals surface area contributed by atoms with Gasteiger partial charge in [-0.05, 0) is 0 Å². The Hall–Kier alpha value is 0.580. The molecule has 1 aliphatic rings. The van der Waals surface area contributed by atoms with Gasteiger partial charge in [-0.1, -0.05) is 38.5 Å². The lowest BCUT2D eigenvalue weighted by Crippen LogP contribution is -3.00. The van der Waals surface area contributed by atoms with E-state index in [4.69, 9.17) is 0 Å². The molecule has 0 aromatic rings. The van der Waals surface area contributed by atoms with Crippen molar-refractivity contribution < 1.29 is 24.8 Å². The third-order valence-corrected chi connectivity index (χ3v) is 1.50. The Morgan fingerprint density at radius 1 is 0.375 bits per heavy atom. The summed E-state index contributed by atoms with van der Waals surface area (Å²) in [5, 5.41) is 0. The van der Waals surface area contributed by atoms with Gasteiger partial charge in [0, 0.05) is 0 Å². The minimum atomic E-state index is 0. The average Bonchev–Trinajstić information content (AvgIpc) is 1.72. The van der Waals surface area contributed by atoms with Crippen LogP contribution >= 0.6 is 0 Å². The summed E-state index contributed by atoms with van der Waals surface area (Å²) in [4.78, 5) is 0. The van der Waals surface area contributed by atoms with E-state index in [-0.39, 0.29) is 24.8 Å². The molecule has 1 saturated carbocycles. The number of hydrogen-bond acceptors (Lipinski definition) is 0. The lowest BCUT2D eigenvalue weighted by atomic mass is 10.0. The SMILES string of the molecule is C1CCCCC1.[Cl-].[Cl-]. The zero-order chi connectivity index (χ0) is 4.24. The van der Waals surface area contributed by atoms with Gasteiger partial charge in [-0.2, -0.15) is 0 Å². The molecule has 0 heterocycles. The summed E-state index contributed by atoms with van der Waals surface area (Å²) >= 11 is 0. The first-order valence-corrected chi connectivity index (χ1v) is 3.00. The van der Waals surface area contributed by atoms with Crippen molar-refractivity contribution in [2.24, 2.45) is 0 Å². The second-order valence-electron chi connectivity index (χ2n) is 2.12. The van der Waals surface area contributed by atoms with Gasteiger partial charge in [0.25, 0.3) is 0 Å². The lowest BCUT2D eigenvalue weighted by molar-refractivity contribution is -0.00100. The fourth-order valence-corrected chi connectivity index (χ4v) is 1.06. The van der Waals surface area contributed by atoms with Crippen LogP contribution in [0.4, 0.5) is 0 Å². The van der Waals surface area contributed by atoms with E-state index in [1.54, 1.807) is 0 Å². The molecular weight excluding hydrogens is 143 g/mol. The highest BCUT2D eigenvalue weighted by atomic mass is 35.5. The first-order chi connectivity index (χ1) is 3.00. The Balaban J connectivity index is 0. The van der Waals surface area contributed by atoms with Crippen LogP contribution in [0.5, 0.6) is 0 Å². The molecule has 0 nitrogen and oxygen atoms in total. The van der Waals surface area contributed by atoms with Crippen LogP contribution in [0.25, 0.3) is 0 Å². The van der Waals surface area contributed by atoms with E-state index >= 15 is 0 Å². The van der Waals surface area contributed by atoms with Crippen LogP contribution in [0, 0.1) is 0 Å². The van der Waals surface area contributed by atoms with Gasteiger partial charge in [-0.15, -0.1) is 0 Å². The van der Waals surface area contributed by atoms with Gasteiger partial charge < -0.3 is 24.8 Å². The smallest absolute Gasteiger partial charge is 0.0533 e. The summed E-state index contributed by atoms with van der Waals surface area (Å²) in [6, 6.07) is 0. The topological polar surface area (TPSA) is 0 Å². The van der Waals surface area contributed by atoms with Crippen molar-refractivity contribution in [1.82, 2.24) is 0 Å². The summed E-state index contributed by atoms with van der Waals surface area (Å²) in [6.07, 6.45) is 9.00. The van der Waals surface area contributed by atoms with Gasteiger partial charge in [0.1, 0.15) is 0 Å². The van der Waals surface area contributed by atoms with E-state index in [2.05, 4.69) is 0 Å².